The number of carbonyl (C=O) groups excluding carboxylic acids is 3. The van der Waals surface area contributed by atoms with Crippen molar-refractivity contribution >= 4 is 17.9 Å². The maximum atomic E-state index is 12.7. The third-order valence-electron chi connectivity index (χ3n) is 10.7. The number of carbonyl (C=O) groups is 3. The summed E-state index contributed by atoms with van der Waals surface area (Å²) in [5, 5.41) is 0. The molecule has 0 amide bonds. The normalized spacial score (nSPS) is 13.0. The van der Waals surface area contributed by atoms with Gasteiger partial charge in [-0.15, -0.1) is 0 Å². The first-order valence-electron chi connectivity index (χ1n) is 26.4. The molecule has 0 aliphatic carbocycles. The quantitative estimate of drug-likeness (QED) is 0.0262. The molecule has 0 heterocycles. The van der Waals surface area contributed by atoms with Gasteiger partial charge in [-0.2, -0.15) is 0 Å². The van der Waals surface area contributed by atoms with Gasteiger partial charge < -0.3 is 14.2 Å². The smallest absolute Gasteiger partial charge is 0.310 e. The number of unbranched alkanes of at least 4 members (excludes halogenated alkanes) is 18. The molecular formula is C59H96O6. The average Bonchev–Trinajstić information content (AvgIpc) is 3.30. The Morgan fingerprint density at radius 3 is 1.08 bits per heavy atom. The first kappa shape index (κ1) is 61.1. The summed E-state index contributed by atoms with van der Waals surface area (Å²) in [6.07, 6.45) is 71.0. The van der Waals surface area contributed by atoms with Gasteiger partial charge >= 0.3 is 17.9 Å². The van der Waals surface area contributed by atoms with Crippen LogP contribution in [0.15, 0.2) is 109 Å². The SMILES string of the molecule is CC/C=C\C/C=C\C/C=C\C/C=C\C/C=C\CC(=O)OC(COC(=O)CCCCCCC/C=C\C/C=C\CCC)COC(=O)CCCCCCCCCCC/C=C\C/C=C\CCCCC. The Hall–Kier alpha value is -3.93. The van der Waals surface area contributed by atoms with Crippen LogP contribution in [0.1, 0.15) is 226 Å². The molecule has 0 spiro atoms. The second kappa shape index (κ2) is 52.7. The van der Waals surface area contributed by atoms with Crippen molar-refractivity contribution in [3.63, 3.8) is 0 Å². The Balaban J connectivity index is 4.50. The van der Waals surface area contributed by atoms with Gasteiger partial charge in [-0.1, -0.05) is 214 Å². The van der Waals surface area contributed by atoms with E-state index < -0.39 is 12.1 Å². The van der Waals surface area contributed by atoms with Crippen LogP contribution in [-0.2, 0) is 28.6 Å². The minimum Gasteiger partial charge on any atom is -0.462 e. The van der Waals surface area contributed by atoms with Crippen molar-refractivity contribution < 1.29 is 28.6 Å². The van der Waals surface area contributed by atoms with Crippen molar-refractivity contribution in [3.8, 4) is 0 Å². The number of allylic oxidation sites excluding steroid dienone is 17. The summed E-state index contributed by atoms with van der Waals surface area (Å²) in [4.78, 5) is 37.9. The van der Waals surface area contributed by atoms with Crippen molar-refractivity contribution in [1.82, 2.24) is 0 Å². The fourth-order valence-electron chi connectivity index (χ4n) is 6.82. The molecule has 1 unspecified atom stereocenters. The topological polar surface area (TPSA) is 78.9 Å². The lowest BCUT2D eigenvalue weighted by molar-refractivity contribution is -0.166. The number of ether oxygens (including phenoxy) is 3. The van der Waals surface area contributed by atoms with Crippen molar-refractivity contribution in [2.45, 2.75) is 232 Å². The second-order valence-corrected chi connectivity index (χ2v) is 17.1. The van der Waals surface area contributed by atoms with Crippen molar-refractivity contribution in [2.75, 3.05) is 13.2 Å². The Morgan fingerprint density at radius 2 is 0.677 bits per heavy atom. The Morgan fingerprint density at radius 1 is 0.338 bits per heavy atom. The molecule has 0 aromatic carbocycles. The van der Waals surface area contributed by atoms with E-state index in [9.17, 15) is 14.4 Å². The lowest BCUT2D eigenvalue weighted by Gasteiger charge is -2.18. The van der Waals surface area contributed by atoms with E-state index in [1.54, 1.807) is 6.08 Å². The molecule has 0 aliphatic heterocycles. The lowest BCUT2D eigenvalue weighted by Crippen LogP contribution is -2.30. The fraction of sp³-hybridized carbons (Fsp3) is 0.644. The molecular weight excluding hydrogens is 805 g/mol. The van der Waals surface area contributed by atoms with Gasteiger partial charge in [-0.05, 0) is 103 Å². The fourth-order valence-corrected chi connectivity index (χ4v) is 6.82. The first-order chi connectivity index (χ1) is 32.0. The molecule has 368 valence electrons. The number of hydrogen-bond donors (Lipinski definition) is 0. The number of rotatable bonds is 46. The standard InChI is InChI=1S/C59H96O6/c1-4-7-10-13-16-19-22-25-27-28-29-30-32-34-37-40-43-46-49-52-58(61)64-55-56(54-63-57(60)51-48-45-42-39-36-33-24-21-18-15-12-9-6-3)65-59(62)53-50-47-44-41-38-35-31-26-23-20-17-14-11-8-5-2/h8,11-12,15-17,19-21,24-27,31,38,41,47,50,56H,4-7,9-10,13-14,18,22-23,28-30,32-37,39-40,42-46,48-49,51-55H2,1-3H3/b11-8-,15-12-,19-16-,20-17-,24-21-,27-25-,31-26-,41-38-,50-47-. The van der Waals surface area contributed by atoms with Gasteiger partial charge in [-0.3, -0.25) is 14.4 Å². The van der Waals surface area contributed by atoms with E-state index >= 15 is 0 Å². The highest BCUT2D eigenvalue weighted by atomic mass is 16.6. The molecule has 0 saturated heterocycles. The van der Waals surface area contributed by atoms with Crippen molar-refractivity contribution in [3.05, 3.63) is 109 Å². The Labute approximate surface area is 400 Å². The third-order valence-corrected chi connectivity index (χ3v) is 10.7. The Bertz CT molecular complexity index is 1360. The van der Waals surface area contributed by atoms with Crippen LogP contribution >= 0.6 is 0 Å². The van der Waals surface area contributed by atoms with Crippen molar-refractivity contribution in [1.29, 1.82) is 0 Å². The van der Waals surface area contributed by atoms with Gasteiger partial charge in [0.1, 0.15) is 13.2 Å². The zero-order valence-corrected chi connectivity index (χ0v) is 42.0. The van der Waals surface area contributed by atoms with Crippen LogP contribution in [0.25, 0.3) is 0 Å². The summed E-state index contributed by atoms with van der Waals surface area (Å²) < 4.78 is 16.7. The van der Waals surface area contributed by atoms with E-state index in [1.807, 2.05) is 6.08 Å². The zero-order chi connectivity index (χ0) is 47.2. The summed E-state index contributed by atoms with van der Waals surface area (Å²) in [5.74, 6) is -1.08. The highest BCUT2D eigenvalue weighted by Crippen LogP contribution is 2.13. The van der Waals surface area contributed by atoms with Crippen LogP contribution in [0.2, 0.25) is 0 Å². The van der Waals surface area contributed by atoms with Gasteiger partial charge in [0.25, 0.3) is 0 Å². The van der Waals surface area contributed by atoms with E-state index in [0.717, 1.165) is 103 Å². The van der Waals surface area contributed by atoms with Crippen LogP contribution in [0.5, 0.6) is 0 Å². The van der Waals surface area contributed by atoms with Crippen LogP contribution in [-0.4, -0.2) is 37.2 Å². The van der Waals surface area contributed by atoms with Crippen LogP contribution < -0.4 is 0 Å². The maximum absolute atomic E-state index is 12.7. The van der Waals surface area contributed by atoms with E-state index in [2.05, 4.69) is 118 Å². The molecule has 0 aliphatic rings. The molecule has 0 radical (unpaired) electrons. The summed E-state index contributed by atoms with van der Waals surface area (Å²) in [6, 6.07) is 0. The average molecular weight is 901 g/mol. The molecule has 0 aromatic heterocycles. The third kappa shape index (κ3) is 50.9. The molecule has 0 N–H and O–H groups in total. The predicted molar refractivity (Wildman–Crippen MR) is 279 cm³/mol. The highest BCUT2D eigenvalue weighted by Gasteiger charge is 2.19. The second-order valence-electron chi connectivity index (χ2n) is 17.1. The minimum atomic E-state index is -0.841. The van der Waals surface area contributed by atoms with Crippen LogP contribution in [0.3, 0.4) is 0 Å². The number of hydrogen-bond acceptors (Lipinski definition) is 6. The van der Waals surface area contributed by atoms with E-state index in [4.69, 9.17) is 14.2 Å². The van der Waals surface area contributed by atoms with Crippen LogP contribution in [0.4, 0.5) is 0 Å². The summed E-state index contributed by atoms with van der Waals surface area (Å²) >= 11 is 0. The van der Waals surface area contributed by atoms with E-state index in [-0.39, 0.29) is 31.6 Å². The molecule has 1 atom stereocenters. The molecule has 65 heavy (non-hydrogen) atoms. The molecule has 6 nitrogen and oxygen atoms in total. The molecule has 0 fully saturated rings. The lowest BCUT2D eigenvalue weighted by atomic mass is 10.1. The molecule has 0 saturated carbocycles. The van der Waals surface area contributed by atoms with Crippen molar-refractivity contribution in [2.24, 2.45) is 0 Å². The molecule has 0 rings (SSSR count). The first-order valence-corrected chi connectivity index (χ1v) is 26.4. The summed E-state index contributed by atoms with van der Waals surface area (Å²) in [7, 11) is 0. The molecule has 0 bridgehead atoms. The van der Waals surface area contributed by atoms with Gasteiger partial charge in [0.2, 0.25) is 0 Å². The van der Waals surface area contributed by atoms with E-state index in [1.165, 1.54) is 77.0 Å². The predicted octanol–water partition coefficient (Wildman–Crippen LogP) is 17.5. The molecule has 6 heteroatoms. The highest BCUT2D eigenvalue weighted by molar-refractivity contribution is 5.72. The van der Waals surface area contributed by atoms with Gasteiger partial charge in [-0.25, -0.2) is 0 Å². The van der Waals surface area contributed by atoms with E-state index in [0.29, 0.717) is 19.3 Å². The summed E-state index contributed by atoms with van der Waals surface area (Å²) in [6.45, 7) is 6.32. The molecule has 0 aromatic rings. The monoisotopic (exact) mass is 901 g/mol. The zero-order valence-electron chi connectivity index (χ0n) is 42.0. The number of esters is 3. The van der Waals surface area contributed by atoms with Crippen LogP contribution in [0, 0.1) is 0 Å². The van der Waals surface area contributed by atoms with Gasteiger partial charge in [0.05, 0.1) is 6.42 Å². The largest absolute Gasteiger partial charge is 0.462 e. The van der Waals surface area contributed by atoms with Gasteiger partial charge in [0.15, 0.2) is 6.10 Å². The minimum absolute atomic E-state index is 0.0897. The van der Waals surface area contributed by atoms with Gasteiger partial charge in [0, 0.05) is 12.8 Å². The summed E-state index contributed by atoms with van der Waals surface area (Å²) in [5.41, 5.74) is 0. The maximum Gasteiger partial charge on any atom is 0.310 e. The Kier molecular flexibility index (Phi) is 49.5.